The molecule has 0 saturated carbocycles. The van der Waals surface area contributed by atoms with E-state index < -0.39 is 58.8 Å². The summed E-state index contributed by atoms with van der Waals surface area (Å²) in [6.07, 6.45) is -9.90. The number of amides is 2. The number of nitrogens with one attached hydrogen (secondary N) is 1. The first-order valence-corrected chi connectivity index (χ1v) is 8.74. The summed E-state index contributed by atoms with van der Waals surface area (Å²) < 4.78 is 93.2. The smallest absolute Gasteiger partial charge is 0.344 e. The van der Waals surface area contributed by atoms with Gasteiger partial charge < -0.3 is 10.2 Å². The van der Waals surface area contributed by atoms with Gasteiger partial charge in [0.25, 0.3) is 0 Å². The number of likely N-dealkylation sites (N-methyl/N-ethyl adjacent to an activating group) is 1. The maximum absolute atomic E-state index is 13.8. The largest absolute Gasteiger partial charge is 0.435 e. The monoisotopic (exact) mass is 452 g/mol. The Balaban J connectivity index is 1.98. The third kappa shape index (κ3) is 4.21. The lowest BCUT2D eigenvalue weighted by Gasteiger charge is -2.19. The zero-order chi connectivity index (χ0) is 23.3. The molecule has 13 heteroatoms. The molecule has 1 aliphatic heterocycles. The Morgan fingerprint density at radius 3 is 2.32 bits per heavy atom. The van der Waals surface area contributed by atoms with E-state index in [0.717, 1.165) is 21.7 Å². The Morgan fingerprint density at radius 1 is 1.13 bits per heavy atom. The predicted molar refractivity (Wildman–Crippen MR) is 92.1 cm³/mol. The van der Waals surface area contributed by atoms with Crippen molar-refractivity contribution in [1.82, 2.24) is 14.7 Å². The molecule has 2 amide bonds. The number of aromatic nitrogens is 2. The quantitative estimate of drug-likeness (QED) is 0.574. The van der Waals surface area contributed by atoms with E-state index in [-0.39, 0.29) is 12.2 Å². The van der Waals surface area contributed by atoms with E-state index in [9.17, 15) is 40.3 Å². The molecular weight excluding hydrogens is 437 g/mol. The van der Waals surface area contributed by atoms with Gasteiger partial charge in [0.15, 0.2) is 5.69 Å². The highest BCUT2D eigenvalue weighted by molar-refractivity contribution is 6.08. The predicted octanol–water partition coefficient (Wildman–Crippen LogP) is 3.41. The molecule has 6 nitrogen and oxygen atoms in total. The van der Waals surface area contributed by atoms with Crippen LogP contribution in [0, 0.1) is 11.7 Å². The molecule has 1 fully saturated rings. The Morgan fingerprint density at radius 2 is 1.77 bits per heavy atom. The maximum atomic E-state index is 13.8. The number of hydrogen-bond acceptors (Lipinski definition) is 3. The topological polar surface area (TPSA) is 67.2 Å². The highest BCUT2D eigenvalue weighted by atomic mass is 19.4. The minimum Gasteiger partial charge on any atom is -0.344 e. The molecule has 3 rings (SSSR count). The molecular formula is C18H15F7N4O2. The van der Waals surface area contributed by atoms with Crippen molar-refractivity contribution in [2.45, 2.75) is 18.3 Å². The summed E-state index contributed by atoms with van der Waals surface area (Å²) >= 11 is 0. The second-order valence-electron chi connectivity index (χ2n) is 7.03. The first kappa shape index (κ1) is 22.6. The lowest BCUT2D eigenvalue weighted by molar-refractivity contribution is -0.141. The van der Waals surface area contributed by atoms with Crippen LogP contribution in [-0.4, -0.2) is 40.1 Å². The van der Waals surface area contributed by atoms with E-state index in [1.807, 2.05) is 5.32 Å². The number of nitrogens with zero attached hydrogens (tertiary/aromatic N) is 3. The molecule has 2 heterocycles. The summed E-state index contributed by atoms with van der Waals surface area (Å²) in [6, 6.07) is 3.00. The molecule has 1 saturated heterocycles. The molecule has 2 aromatic rings. The fourth-order valence-electron chi connectivity index (χ4n) is 3.55. The van der Waals surface area contributed by atoms with E-state index in [0.29, 0.717) is 12.1 Å². The molecule has 1 aromatic heterocycles. The minimum absolute atomic E-state index is 0.0968. The molecule has 0 bridgehead atoms. The van der Waals surface area contributed by atoms with Crippen molar-refractivity contribution in [3.05, 3.63) is 47.0 Å². The average Bonchev–Trinajstić information content (AvgIpc) is 3.14. The van der Waals surface area contributed by atoms with E-state index in [1.54, 1.807) is 0 Å². The van der Waals surface area contributed by atoms with Crippen LogP contribution in [0.2, 0.25) is 0 Å². The van der Waals surface area contributed by atoms with Gasteiger partial charge in [-0.05, 0) is 18.2 Å². The molecule has 0 unspecified atom stereocenters. The first-order chi connectivity index (χ1) is 14.2. The third-order valence-corrected chi connectivity index (χ3v) is 4.94. The number of carbonyl (C=O) groups excluding carboxylic acids is 2. The SMILES string of the molecule is CN1C[C@H](c2cc(C(F)(F)F)nn2C)[C@@H](C(=O)Nc2cccc(F)c2C(F)(F)F)C1=O. The zero-order valence-electron chi connectivity index (χ0n) is 16.0. The number of benzene rings is 1. The first-order valence-electron chi connectivity index (χ1n) is 8.74. The number of alkyl halides is 6. The van der Waals surface area contributed by atoms with Gasteiger partial charge in [-0.25, -0.2) is 4.39 Å². The van der Waals surface area contributed by atoms with Crippen LogP contribution in [0.15, 0.2) is 24.3 Å². The number of rotatable bonds is 3. The molecule has 0 spiro atoms. The number of hydrogen-bond donors (Lipinski definition) is 1. The standard InChI is InChI=1S/C18H15F7N4O2/c1-28-7-8(11-6-12(17(20,21)22)27-29(11)2)13(16(28)31)15(30)26-10-5-3-4-9(19)14(10)18(23,24)25/h3-6,8,13H,7H2,1-2H3,(H,26,30)/t8-,13+/m1/s1. The van der Waals surface area contributed by atoms with Crippen LogP contribution in [0.1, 0.15) is 22.9 Å². The normalized spacial score (nSPS) is 19.8. The lowest BCUT2D eigenvalue weighted by Crippen LogP contribution is -2.33. The van der Waals surface area contributed by atoms with Gasteiger partial charge in [0, 0.05) is 32.3 Å². The van der Waals surface area contributed by atoms with Gasteiger partial charge >= 0.3 is 12.4 Å². The van der Waals surface area contributed by atoms with Crippen LogP contribution in [0.4, 0.5) is 36.4 Å². The van der Waals surface area contributed by atoms with Crippen LogP contribution in [0.3, 0.4) is 0 Å². The third-order valence-electron chi connectivity index (χ3n) is 4.94. The Hall–Kier alpha value is -3.12. The Kier molecular flexibility index (Phi) is 5.48. The average molecular weight is 452 g/mol. The molecule has 0 radical (unpaired) electrons. The number of likely N-dealkylation sites (tertiary alicyclic amines) is 1. The summed E-state index contributed by atoms with van der Waals surface area (Å²) in [4.78, 5) is 26.3. The molecule has 1 aliphatic rings. The van der Waals surface area contributed by atoms with Gasteiger partial charge in [-0.3, -0.25) is 14.3 Å². The summed E-state index contributed by atoms with van der Waals surface area (Å²) in [5.74, 6) is -6.38. The second-order valence-corrected chi connectivity index (χ2v) is 7.03. The van der Waals surface area contributed by atoms with Gasteiger partial charge in [0.2, 0.25) is 11.8 Å². The maximum Gasteiger partial charge on any atom is 0.435 e. The Bertz CT molecular complexity index is 1030. The number of carbonyl (C=O) groups is 2. The molecule has 168 valence electrons. The van der Waals surface area contributed by atoms with Crippen LogP contribution >= 0.6 is 0 Å². The van der Waals surface area contributed by atoms with E-state index in [1.165, 1.54) is 14.1 Å². The number of anilines is 1. The minimum atomic E-state index is -5.13. The lowest BCUT2D eigenvalue weighted by atomic mass is 9.91. The van der Waals surface area contributed by atoms with Crippen molar-refractivity contribution in [2.75, 3.05) is 18.9 Å². The van der Waals surface area contributed by atoms with Gasteiger partial charge in [0.1, 0.15) is 17.3 Å². The summed E-state index contributed by atoms with van der Waals surface area (Å²) in [5, 5.41) is 5.25. The van der Waals surface area contributed by atoms with Crippen LogP contribution in [0.25, 0.3) is 0 Å². The van der Waals surface area contributed by atoms with Crippen LogP contribution in [0.5, 0.6) is 0 Å². The second kappa shape index (κ2) is 7.54. The summed E-state index contributed by atoms with van der Waals surface area (Å²) in [6.45, 7) is -0.164. The zero-order valence-corrected chi connectivity index (χ0v) is 16.0. The van der Waals surface area contributed by atoms with Crippen molar-refractivity contribution in [3.63, 3.8) is 0 Å². The van der Waals surface area contributed by atoms with Crippen molar-refractivity contribution in [3.8, 4) is 0 Å². The number of halogens is 7. The highest BCUT2D eigenvalue weighted by Gasteiger charge is 2.47. The Labute approximate surface area is 170 Å². The van der Waals surface area contributed by atoms with Gasteiger partial charge in [-0.1, -0.05) is 6.07 Å². The fraction of sp³-hybridized carbons (Fsp3) is 0.389. The molecule has 2 atom stereocenters. The fourth-order valence-corrected chi connectivity index (χ4v) is 3.55. The highest BCUT2D eigenvalue weighted by Crippen LogP contribution is 2.39. The number of aryl methyl sites for hydroxylation is 1. The van der Waals surface area contributed by atoms with Gasteiger partial charge in [-0.2, -0.15) is 31.4 Å². The molecule has 1 aromatic carbocycles. The van der Waals surface area contributed by atoms with Crippen LogP contribution in [-0.2, 0) is 29.0 Å². The summed E-state index contributed by atoms with van der Waals surface area (Å²) in [7, 11) is 2.49. The van der Waals surface area contributed by atoms with Crippen LogP contribution < -0.4 is 5.32 Å². The van der Waals surface area contributed by atoms with Crippen molar-refractivity contribution in [1.29, 1.82) is 0 Å². The summed E-state index contributed by atoms with van der Waals surface area (Å²) in [5.41, 5.74) is -3.96. The molecule has 31 heavy (non-hydrogen) atoms. The van der Waals surface area contributed by atoms with Crippen molar-refractivity contribution < 1.29 is 40.3 Å². The molecule has 1 N–H and O–H groups in total. The van der Waals surface area contributed by atoms with Gasteiger partial charge in [-0.15, -0.1) is 0 Å². The van der Waals surface area contributed by atoms with Crippen molar-refractivity contribution >= 4 is 17.5 Å². The van der Waals surface area contributed by atoms with E-state index in [2.05, 4.69) is 5.10 Å². The molecule has 0 aliphatic carbocycles. The van der Waals surface area contributed by atoms with Crippen molar-refractivity contribution in [2.24, 2.45) is 13.0 Å². The van der Waals surface area contributed by atoms with Gasteiger partial charge in [0.05, 0.1) is 5.69 Å². The van der Waals surface area contributed by atoms with E-state index in [4.69, 9.17) is 0 Å². The van der Waals surface area contributed by atoms with E-state index >= 15 is 0 Å².